The molecule has 264 valence electrons. The summed E-state index contributed by atoms with van der Waals surface area (Å²) in [5.74, 6) is 1.28. The van der Waals surface area contributed by atoms with Crippen molar-refractivity contribution in [3.8, 4) is 28.4 Å². The Labute approximate surface area is 300 Å². The van der Waals surface area contributed by atoms with Crippen molar-refractivity contribution in [1.29, 1.82) is 0 Å². The van der Waals surface area contributed by atoms with Gasteiger partial charge >= 0.3 is 0 Å². The molecule has 0 radical (unpaired) electrons. The molecule has 4 unspecified atom stereocenters. The molecule has 2 heterocycles. The van der Waals surface area contributed by atoms with Gasteiger partial charge in [0.2, 0.25) is 0 Å². The maximum absolute atomic E-state index is 16.5. The molecule has 10 rings (SSSR count). The lowest BCUT2D eigenvalue weighted by atomic mass is 9.65. The monoisotopic (exact) mass is 701 g/mol. The minimum Gasteiger partial charge on any atom is -0.497 e. The van der Waals surface area contributed by atoms with E-state index in [-0.39, 0.29) is 11.7 Å². The van der Waals surface area contributed by atoms with E-state index in [0.717, 1.165) is 76.0 Å². The van der Waals surface area contributed by atoms with Crippen LogP contribution < -0.4 is 19.1 Å². The molecule has 0 N–H and O–H groups in total. The molecule has 5 aliphatic rings. The van der Waals surface area contributed by atoms with Crippen LogP contribution in [0.25, 0.3) is 28.0 Å². The third-order valence-electron chi connectivity index (χ3n) is 12.6. The fourth-order valence-electron chi connectivity index (χ4n) is 10.4. The lowest BCUT2D eigenvalue weighted by Crippen LogP contribution is -2.37. The summed E-state index contributed by atoms with van der Waals surface area (Å²) in [5, 5.41) is 1.64. The van der Waals surface area contributed by atoms with Crippen molar-refractivity contribution in [3.05, 3.63) is 124 Å². The molecule has 0 aromatic heterocycles. The first-order chi connectivity index (χ1) is 25.3. The molecule has 1 saturated heterocycles. The number of ether oxygens (including phenoxy) is 4. The van der Waals surface area contributed by atoms with Crippen LogP contribution >= 0.6 is 0 Å². The fourth-order valence-corrected chi connectivity index (χ4v) is 10.4. The van der Waals surface area contributed by atoms with E-state index in [9.17, 15) is 4.39 Å². The van der Waals surface area contributed by atoms with Crippen LogP contribution in [0, 0.1) is 29.3 Å². The number of anilines is 1. The summed E-state index contributed by atoms with van der Waals surface area (Å²) >= 11 is 0. The number of nitrogens with zero attached hydrogens (tertiary/aromatic N) is 1. The number of halogens is 3. The summed E-state index contributed by atoms with van der Waals surface area (Å²) in [6.07, 6.45) is 8.08. The fraction of sp³-hybridized carbons (Fsp3) is 0.318. The summed E-state index contributed by atoms with van der Waals surface area (Å²) in [6, 6.07) is 20.9. The molecule has 2 saturated carbocycles. The Morgan fingerprint density at radius 2 is 1.54 bits per heavy atom. The molecule has 4 atom stereocenters. The molecule has 3 aliphatic carbocycles. The SMILES string of the molecule is COc1ccc(C2(c3ccc(F)cc3)C=Cc3c4c(c5cc(N6CCOCC6)c(OC)cc5c3O2)-c2cc(F)cc(F)c2C42CC3CCC2C3)cc1. The van der Waals surface area contributed by atoms with Crippen molar-refractivity contribution in [2.24, 2.45) is 11.8 Å². The van der Waals surface area contributed by atoms with Crippen LogP contribution in [0.3, 0.4) is 0 Å². The summed E-state index contributed by atoms with van der Waals surface area (Å²) in [4.78, 5) is 2.25. The zero-order valence-corrected chi connectivity index (χ0v) is 29.1. The predicted molar refractivity (Wildman–Crippen MR) is 195 cm³/mol. The minimum absolute atomic E-state index is 0.217. The van der Waals surface area contributed by atoms with Crippen molar-refractivity contribution in [2.75, 3.05) is 45.4 Å². The zero-order valence-electron chi connectivity index (χ0n) is 29.1. The molecule has 8 heteroatoms. The van der Waals surface area contributed by atoms with E-state index in [1.54, 1.807) is 26.4 Å². The standard InChI is InChI=1S/C44H38F3NO4/c1-49-31-11-7-27(8-12-31)44(26-5-9-29(45)10-6-26)14-13-32-41-39(35-20-30(46)21-36(47)40(35)43(41)24-25-3-4-28(43)19-25)33-22-37(48-15-17-51-18-16-48)38(50-2)23-34(33)42(32)52-44/h5-14,20-23,25,28H,3-4,15-19,24H2,1-2H3. The number of morpholine rings is 1. The summed E-state index contributed by atoms with van der Waals surface area (Å²) in [5.41, 5.74) is 4.74. The van der Waals surface area contributed by atoms with Gasteiger partial charge in [-0.05, 0) is 102 Å². The van der Waals surface area contributed by atoms with Crippen molar-refractivity contribution < 1.29 is 32.1 Å². The van der Waals surface area contributed by atoms with E-state index in [1.165, 1.54) is 18.2 Å². The largest absolute Gasteiger partial charge is 0.497 e. The molecule has 2 bridgehead atoms. The van der Waals surface area contributed by atoms with Gasteiger partial charge in [0, 0.05) is 52.2 Å². The van der Waals surface area contributed by atoms with Crippen molar-refractivity contribution in [3.63, 3.8) is 0 Å². The average molecular weight is 702 g/mol. The van der Waals surface area contributed by atoms with E-state index < -0.39 is 22.7 Å². The Bertz CT molecular complexity index is 2300. The normalized spacial score (nSPS) is 25.3. The Kier molecular flexibility index (Phi) is 7.04. The van der Waals surface area contributed by atoms with E-state index in [2.05, 4.69) is 17.0 Å². The quantitative estimate of drug-likeness (QED) is 0.183. The van der Waals surface area contributed by atoms with Crippen LogP contribution in [-0.4, -0.2) is 40.5 Å². The number of fused-ring (bicyclic) bond motifs is 13. The number of benzene rings is 5. The highest BCUT2D eigenvalue weighted by molar-refractivity contribution is 6.10. The topological polar surface area (TPSA) is 40.2 Å². The Hall–Kier alpha value is -4.95. The molecule has 1 spiro atoms. The highest BCUT2D eigenvalue weighted by Gasteiger charge is 2.60. The van der Waals surface area contributed by atoms with Gasteiger partial charge in [0.1, 0.15) is 34.7 Å². The summed E-state index contributed by atoms with van der Waals surface area (Å²) in [6.45, 7) is 2.55. The molecule has 5 aromatic rings. The second-order valence-corrected chi connectivity index (χ2v) is 14.9. The first-order valence-corrected chi connectivity index (χ1v) is 18.2. The number of methoxy groups -OCH3 is 2. The Morgan fingerprint density at radius 3 is 2.21 bits per heavy atom. The minimum atomic E-state index is -1.14. The van der Waals surface area contributed by atoms with Crippen LogP contribution in [-0.2, 0) is 15.8 Å². The molecule has 5 nitrogen and oxygen atoms in total. The Morgan fingerprint density at radius 1 is 0.788 bits per heavy atom. The van der Waals surface area contributed by atoms with Gasteiger partial charge in [0.15, 0.2) is 5.60 Å². The highest BCUT2D eigenvalue weighted by atomic mass is 19.1. The smallest absolute Gasteiger partial charge is 0.178 e. The molecule has 3 fully saturated rings. The first kappa shape index (κ1) is 31.8. The summed E-state index contributed by atoms with van der Waals surface area (Å²) < 4.78 is 71.1. The number of hydrogen-bond acceptors (Lipinski definition) is 5. The van der Waals surface area contributed by atoms with Gasteiger partial charge in [-0.25, -0.2) is 13.2 Å². The third-order valence-corrected chi connectivity index (χ3v) is 12.6. The van der Waals surface area contributed by atoms with Crippen LogP contribution in [0.1, 0.15) is 53.5 Å². The van der Waals surface area contributed by atoms with Gasteiger partial charge in [0.25, 0.3) is 0 Å². The van der Waals surface area contributed by atoms with E-state index in [0.29, 0.717) is 60.6 Å². The first-order valence-electron chi connectivity index (χ1n) is 18.2. The van der Waals surface area contributed by atoms with Gasteiger partial charge in [0.05, 0.1) is 33.1 Å². The van der Waals surface area contributed by atoms with Crippen molar-refractivity contribution in [2.45, 2.75) is 36.7 Å². The van der Waals surface area contributed by atoms with Crippen LogP contribution in [0.2, 0.25) is 0 Å². The maximum Gasteiger partial charge on any atom is 0.178 e. The molecule has 5 aromatic carbocycles. The van der Waals surface area contributed by atoms with E-state index in [1.807, 2.05) is 36.4 Å². The number of hydrogen-bond donors (Lipinski definition) is 0. The Balaban J connectivity index is 1.32. The molecule has 2 aliphatic heterocycles. The van der Waals surface area contributed by atoms with Crippen LogP contribution in [0.15, 0.2) is 78.9 Å². The molecule has 52 heavy (non-hydrogen) atoms. The van der Waals surface area contributed by atoms with Gasteiger partial charge in [-0.3, -0.25) is 0 Å². The molecule has 0 amide bonds. The van der Waals surface area contributed by atoms with Gasteiger partial charge < -0.3 is 23.8 Å². The number of rotatable bonds is 5. The van der Waals surface area contributed by atoms with Crippen LogP contribution in [0.4, 0.5) is 18.9 Å². The van der Waals surface area contributed by atoms with Gasteiger partial charge in [-0.15, -0.1) is 0 Å². The van der Waals surface area contributed by atoms with E-state index >= 15 is 8.78 Å². The zero-order chi connectivity index (χ0) is 35.4. The summed E-state index contributed by atoms with van der Waals surface area (Å²) in [7, 11) is 3.29. The predicted octanol–water partition coefficient (Wildman–Crippen LogP) is 9.55. The second kappa shape index (κ2) is 11.5. The lowest BCUT2D eigenvalue weighted by molar-refractivity contribution is 0.122. The van der Waals surface area contributed by atoms with Crippen molar-refractivity contribution in [1.82, 2.24) is 0 Å². The molecular formula is C44H38F3NO4. The van der Waals surface area contributed by atoms with Crippen LogP contribution in [0.5, 0.6) is 17.2 Å². The molecular weight excluding hydrogens is 663 g/mol. The lowest BCUT2D eigenvalue weighted by Gasteiger charge is -2.41. The average Bonchev–Trinajstić information content (AvgIpc) is 3.87. The second-order valence-electron chi connectivity index (χ2n) is 14.9. The third kappa shape index (κ3) is 4.33. The van der Waals surface area contributed by atoms with Gasteiger partial charge in [-0.2, -0.15) is 0 Å². The van der Waals surface area contributed by atoms with Gasteiger partial charge in [-0.1, -0.05) is 36.8 Å². The highest BCUT2D eigenvalue weighted by Crippen LogP contribution is 2.69. The maximum atomic E-state index is 16.5. The van der Waals surface area contributed by atoms with Crippen molar-refractivity contribution >= 4 is 22.5 Å². The van der Waals surface area contributed by atoms with E-state index in [4.69, 9.17) is 18.9 Å².